The second-order valence-electron chi connectivity index (χ2n) is 6.29. The molecular weight excluding hydrogens is 343 g/mol. The highest BCUT2D eigenvalue weighted by molar-refractivity contribution is 5.74. The third kappa shape index (κ3) is 4.53. The highest BCUT2D eigenvalue weighted by atomic mass is 19.1. The molecule has 140 valence electrons. The predicted molar refractivity (Wildman–Crippen MR) is 103 cm³/mol. The zero-order valence-corrected chi connectivity index (χ0v) is 15.5. The van der Waals surface area contributed by atoms with Crippen molar-refractivity contribution < 1.29 is 9.18 Å². The first kappa shape index (κ1) is 18.6. The highest BCUT2D eigenvalue weighted by Gasteiger charge is 2.19. The maximum atomic E-state index is 13.1. The van der Waals surface area contributed by atoms with Gasteiger partial charge in [-0.25, -0.2) is 13.9 Å². The fourth-order valence-corrected chi connectivity index (χ4v) is 2.98. The van der Waals surface area contributed by atoms with Crippen LogP contribution in [0.4, 0.5) is 9.18 Å². The molecule has 0 aliphatic rings. The molecule has 1 N–H and O–H groups in total. The lowest BCUT2D eigenvalue weighted by Crippen LogP contribution is -2.41. The number of benzene rings is 2. The van der Waals surface area contributed by atoms with E-state index in [1.807, 2.05) is 50.4 Å². The summed E-state index contributed by atoms with van der Waals surface area (Å²) >= 11 is 0. The van der Waals surface area contributed by atoms with Crippen LogP contribution in [0.3, 0.4) is 0 Å². The molecule has 0 aliphatic carbocycles. The first-order valence-electron chi connectivity index (χ1n) is 8.97. The molecule has 2 aromatic carbocycles. The van der Waals surface area contributed by atoms with Crippen molar-refractivity contribution in [2.75, 3.05) is 6.54 Å². The summed E-state index contributed by atoms with van der Waals surface area (Å²) in [6.45, 7) is 4.86. The molecule has 0 bridgehead atoms. The zero-order valence-electron chi connectivity index (χ0n) is 15.5. The van der Waals surface area contributed by atoms with E-state index in [4.69, 9.17) is 0 Å². The number of rotatable bonds is 6. The van der Waals surface area contributed by atoms with E-state index >= 15 is 0 Å². The van der Waals surface area contributed by atoms with E-state index in [1.54, 1.807) is 27.9 Å². The van der Waals surface area contributed by atoms with Gasteiger partial charge in [0.15, 0.2) is 0 Å². The van der Waals surface area contributed by atoms with E-state index < -0.39 is 0 Å². The normalized spacial score (nSPS) is 11.8. The molecule has 27 heavy (non-hydrogen) atoms. The minimum Gasteiger partial charge on any atom is -0.334 e. The molecule has 0 radical (unpaired) electrons. The second kappa shape index (κ2) is 8.49. The number of urea groups is 1. The minimum absolute atomic E-state index is 0.141. The molecule has 1 unspecified atom stereocenters. The van der Waals surface area contributed by atoms with Crippen LogP contribution in [0.25, 0.3) is 5.69 Å². The van der Waals surface area contributed by atoms with Crippen LogP contribution in [0.2, 0.25) is 0 Å². The molecule has 1 heterocycles. The molecule has 6 heteroatoms. The van der Waals surface area contributed by atoms with E-state index in [-0.39, 0.29) is 17.9 Å². The fourth-order valence-electron chi connectivity index (χ4n) is 2.98. The summed E-state index contributed by atoms with van der Waals surface area (Å²) in [7, 11) is 0. The van der Waals surface area contributed by atoms with Gasteiger partial charge in [-0.1, -0.05) is 24.3 Å². The lowest BCUT2D eigenvalue weighted by atomic mass is 10.1. The number of nitrogens with zero attached hydrogens (tertiary/aromatic N) is 3. The number of hydrogen-bond donors (Lipinski definition) is 1. The first-order valence-corrected chi connectivity index (χ1v) is 8.97. The van der Waals surface area contributed by atoms with E-state index in [0.717, 1.165) is 16.8 Å². The molecule has 1 atom stereocenters. The van der Waals surface area contributed by atoms with Crippen LogP contribution in [-0.4, -0.2) is 27.3 Å². The van der Waals surface area contributed by atoms with Crippen molar-refractivity contribution in [2.24, 2.45) is 0 Å². The molecule has 0 saturated heterocycles. The monoisotopic (exact) mass is 366 g/mol. The lowest BCUT2D eigenvalue weighted by Gasteiger charge is -2.28. The number of aromatic nitrogens is 2. The van der Waals surface area contributed by atoms with Crippen molar-refractivity contribution in [1.82, 2.24) is 20.0 Å². The van der Waals surface area contributed by atoms with Crippen molar-refractivity contribution in [1.29, 1.82) is 0 Å². The first-order chi connectivity index (χ1) is 13.1. The number of hydrogen-bond acceptors (Lipinski definition) is 2. The maximum absolute atomic E-state index is 13.1. The largest absolute Gasteiger partial charge is 0.334 e. The van der Waals surface area contributed by atoms with Gasteiger partial charge in [0.25, 0.3) is 0 Å². The third-order valence-electron chi connectivity index (χ3n) is 4.57. The van der Waals surface area contributed by atoms with E-state index in [0.29, 0.717) is 13.1 Å². The summed E-state index contributed by atoms with van der Waals surface area (Å²) in [6, 6.07) is 15.7. The summed E-state index contributed by atoms with van der Waals surface area (Å²) in [5.41, 5.74) is 2.87. The number of halogens is 1. The van der Waals surface area contributed by atoms with Gasteiger partial charge in [0, 0.05) is 25.5 Å². The molecule has 0 spiro atoms. The van der Waals surface area contributed by atoms with Crippen LogP contribution >= 0.6 is 0 Å². The Morgan fingerprint density at radius 2 is 1.89 bits per heavy atom. The van der Waals surface area contributed by atoms with Gasteiger partial charge in [0.2, 0.25) is 0 Å². The lowest BCUT2D eigenvalue weighted by molar-refractivity contribution is 0.182. The Hall–Kier alpha value is -3.15. The minimum atomic E-state index is -0.281. The van der Waals surface area contributed by atoms with Gasteiger partial charge in [-0.15, -0.1) is 0 Å². The van der Waals surface area contributed by atoms with E-state index in [9.17, 15) is 9.18 Å². The Morgan fingerprint density at radius 1 is 1.19 bits per heavy atom. The summed E-state index contributed by atoms with van der Waals surface area (Å²) in [5, 5.41) is 7.15. The highest BCUT2D eigenvalue weighted by Crippen LogP contribution is 2.20. The Labute approximate surface area is 158 Å². The molecule has 3 rings (SSSR count). The smallest absolute Gasteiger partial charge is 0.318 e. The van der Waals surface area contributed by atoms with Crippen LogP contribution in [-0.2, 0) is 6.54 Å². The number of carbonyl (C=O) groups excluding carboxylic acids is 1. The quantitative estimate of drug-likeness (QED) is 0.707. The van der Waals surface area contributed by atoms with Crippen LogP contribution in [0.1, 0.15) is 31.0 Å². The van der Waals surface area contributed by atoms with Crippen molar-refractivity contribution in [3.63, 3.8) is 0 Å². The molecule has 0 aliphatic heterocycles. The number of nitrogens with one attached hydrogen (secondary N) is 1. The van der Waals surface area contributed by atoms with Crippen LogP contribution in [0, 0.1) is 5.82 Å². The standard InChI is InChI=1S/C21H23FN4O/c1-3-25(16(2)18-7-9-19(22)10-8-18)21(27)23-15-17-5-11-20(12-6-17)26-14-4-13-24-26/h4-14,16H,3,15H2,1-2H3,(H,23,27). The third-order valence-corrected chi connectivity index (χ3v) is 4.57. The Bertz CT molecular complexity index is 860. The molecule has 0 saturated carbocycles. The molecule has 3 aromatic rings. The van der Waals surface area contributed by atoms with Crippen LogP contribution in [0.15, 0.2) is 67.0 Å². The maximum Gasteiger partial charge on any atom is 0.318 e. The van der Waals surface area contributed by atoms with Gasteiger partial charge in [-0.05, 0) is 55.3 Å². The summed E-state index contributed by atoms with van der Waals surface area (Å²) in [5.74, 6) is -0.281. The summed E-state index contributed by atoms with van der Waals surface area (Å²) in [4.78, 5) is 14.3. The van der Waals surface area contributed by atoms with Crippen molar-refractivity contribution in [3.05, 3.63) is 83.9 Å². The summed E-state index contributed by atoms with van der Waals surface area (Å²) < 4.78 is 14.9. The van der Waals surface area contributed by atoms with Crippen molar-refractivity contribution in [3.8, 4) is 5.69 Å². The van der Waals surface area contributed by atoms with Gasteiger partial charge in [-0.2, -0.15) is 5.10 Å². The van der Waals surface area contributed by atoms with Crippen LogP contribution in [0.5, 0.6) is 0 Å². The SMILES string of the molecule is CCN(C(=O)NCc1ccc(-n2cccn2)cc1)C(C)c1ccc(F)cc1. The molecule has 2 amide bonds. The fraction of sp³-hybridized carbons (Fsp3) is 0.238. The van der Waals surface area contributed by atoms with Gasteiger partial charge < -0.3 is 10.2 Å². The predicted octanol–water partition coefficient (Wildman–Crippen LogP) is 4.30. The molecule has 5 nitrogen and oxygen atoms in total. The molecular formula is C21H23FN4O. The van der Waals surface area contributed by atoms with Gasteiger partial charge in [0.05, 0.1) is 11.7 Å². The Kier molecular flexibility index (Phi) is 5.86. The van der Waals surface area contributed by atoms with Gasteiger partial charge in [0.1, 0.15) is 5.82 Å². The molecule has 1 aromatic heterocycles. The second-order valence-corrected chi connectivity index (χ2v) is 6.29. The Morgan fingerprint density at radius 3 is 2.48 bits per heavy atom. The molecule has 0 fully saturated rings. The summed E-state index contributed by atoms with van der Waals surface area (Å²) in [6.07, 6.45) is 3.61. The topological polar surface area (TPSA) is 50.2 Å². The van der Waals surface area contributed by atoms with Crippen molar-refractivity contribution in [2.45, 2.75) is 26.4 Å². The van der Waals surface area contributed by atoms with E-state index in [1.165, 1.54) is 12.1 Å². The average Bonchev–Trinajstić information content (AvgIpc) is 3.22. The van der Waals surface area contributed by atoms with Gasteiger partial charge in [-0.3, -0.25) is 0 Å². The average molecular weight is 366 g/mol. The number of amides is 2. The number of carbonyl (C=O) groups is 1. The van der Waals surface area contributed by atoms with E-state index in [2.05, 4.69) is 10.4 Å². The van der Waals surface area contributed by atoms with Crippen molar-refractivity contribution >= 4 is 6.03 Å². The Balaban J connectivity index is 1.60. The van der Waals surface area contributed by atoms with Gasteiger partial charge >= 0.3 is 6.03 Å². The van der Waals surface area contributed by atoms with Crippen LogP contribution < -0.4 is 5.32 Å². The zero-order chi connectivity index (χ0) is 19.2.